The highest BCUT2D eigenvalue weighted by Gasteiger charge is 2.46. The number of hydrogen-bond donors (Lipinski definition) is 3. The highest BCUT2D eigenvalue weighted by molar-refractivity contribution is 7.92. The Labute approximate surface area is 187 Å². The Hall–Kier alpha value is -2.88. The number of fused-ring (bicyclic) bond motifs is 1. The van der Waals surface area contributed by atoms with Crippen LogP contribution in [0.5, 0.6) is 0 Å². The molecule has 1 unspecified atom stereocenters. The quantitative estimate of drug-likeness (QED) is 0.517. The Kier molecular flexibility index (Phi) is 6.13. The maximum atomic E-state index is 12.6. The number of halogens is 2. The van der Waals surface area contributed by atoms with Crippen molar-refractivity contribution in [3.8, 4) is 0 Å². The standard InChI is InChI=1S/C20H16Cl2N2O6S/c1-2-31(29,30)24-13-5-3-4-11(8-13)20(19(27)28)14(6-7-17(25)26)18-15(22)9-12(21)10-16(18)23-20/h3-10,24H,2H2,1H3,(H,25,26)(H,27,28). The van der Waals surface area contributed by atoms with Gasteiger partial charge in [0.2, 0.25) is 15.6 Å². The first kappa shape index (κ1) is 22.8. The van der Waals surface area contributed by atoms with Crippen molar-refractivity contribution in [3.05, 3.63) is 74.7 Å². The molecule has 0 spiro atoms. The summed E-state index contributed by atoms with van der Waals surface area (Å²) >= 11 is 12.4. The third-order valence-corrected chi connectivity index (χ3v) is 6.44. The van der Waals surface area contributed by atoms with Gasteiger partial charge in [0.05, 0.1) is 16.1 Å². The van der Waals surface area contributed by atoms with E-state index >= 15 is 0 Å². The fourth-order valence-electron chi connectivity index (χ4n) is 3.26. The molecular formula is C20H16Cl2N2O6S. The van der Waals surface area contributed by atoms with E-state index < -0.39 is 27.5 Å². The van der Waals surface area contributed by atoms with Crippen LogP contribution in [-0.2, 0) is 25.2 Å². The third kappa shape index (κ3) is 4.30. The molecule has 0 fully saturated rings. The minimum atomic E-state index is -3.62. The van der Waals surface area contributed by atoms with Gasteiger partial charge < -0.3 is 10.2 Å². The predicted octanol–water partition coefficient (Wildman–Crippen LogP) is 2.16. The number of benzene rings is 2. The van der Waals surface area contributed by atoms with E-state index in [9.17, 15) is 23.1 Å². The van der Waals surface area contributed by atoms with Crippen LogP contribution < -0.4 is 15.3 Å². The van der Waals surface area contributed by atoms with Crippen LogP contribution in [0, 0.1) is 0 Å². The van der Waals surface area contributed by atoms with Crippen molar-refractivity contribution in [2.24, 2.45) is 4.99 Å². The summed E-state index contributed by atoms with van der Waals surface area (Å²) in [4.78, 5) is 28.1. The Morgan fingerprint density at radius 2 is 1.90 bits per heavy atom. The number of anilines is 1. The van der Waals surface area contributed by atoms with Crippen molar-refractivity contribution >= 4 is 56.4 Å². The maximum absolute atomic E-state index is 12.6. The summed E-state index contributed by atoms with van der Waals surface area (Å²) in [6.45, 7) is 1.46. The molecule has 2 aromatic carbocycles. The molecule has 8 nitrogen and oxygen atoms in total. The number of nitrogens with one attached hydrogen (secondary N) is 1. The zero-order valence-electron chi connectivity index (χ0n) is 16.0. The van der Waals surface area contributed by atoms with Crippen LogP contribution in [0.1, 0.15) is 12.5 Å². The van der Waals surface area contributed by atoms with Crippen LogP contribution in [0.4, 0.5) is 5.69 Å². The Morgan fingerprint density at radius 3 is 2.52 bits per heavy atom. The second-order valence-corrected chi connectivity index (χ2v) is 9.44. The minimum absolute atomic E-state index is 0.00886. The number of carboxylic acid groups (broad SMARTS) is 2. The second-order valence-electron chi connectivity index (χ2n) is 6.58. The Balaban J connectivity index is 2.36. The monoisotopic (exact) mass is 482 g/mol. The van der Waals surface area contributed by atoms with Crippen LogP contribution in [0.3, 0.4) is 0 Å². The van der Waals surface area contributed by atoms with Gasteiger partial charge in [0.25, 0.3) is 0 Å². The second kappa shape index (κ2) is 8.33. The van der Waals surface area contributed by atoms with Gasteiger partial charge in [0.1, 0.15) is 0 Å². The van der Waals surface area contributed by atoms with Crippen LogP contribution >= 0.6 is 23.2 Å². The minimum Gasteiger partial charge on any atom is -0.479 e. The smallest absolute Gasteiger partial charge is 0.341 e. The van der Waals surface area contributed by atoms with Gasteiger partial charge in [-0.3, -0.25) is 9.71 Å². The number of sulfonamides is 1. The first-order valence-electron chi connectivity index (χ1n) is 8.85. The lowest BCUT2D eigenvalue weighted by molar-refractivity contribution is -0.141. The van der Waals surface area contributed by atoms with E-state index in [4.69, 9.17) is 28.3 Å². The molecule has 0 radical (unpaired) electrons. The summed E-state index contributed by atoms with van der Waals surface area (Å²) in [5.41, 5.74) is -1.83. The van der Waals surface area contributed by atoms with E-state index in [0.717, 1.165) is 12.2 Å². The van der Waals surface area contributed by atoms with Gasteiger partial charge in [-0.25, -0.2) is 18.0 Å². The summed E-state index contributed by atoms with van der Waals surface area (Å²) in [5.74, 6) is -2.88. The maximum Gasteiger partial charge on any atom is 0.341 e. The van der Waals surface area contributed by atoms with E-state index in [2.05, 4.69) is 9.71 Å². The molecule has 1 aliphatic rings. The zero-order valence-corrected chi connectivity index (χ0v) is 18.3. The van der Waals surface area contributed by atoms with E-state index in [0.29, 0.717) is 0 Å². The average molecular weight is 483 g/mol. The molecule has 3 N–H and O–H groups in total. The Bertz CT molecular complexity index is 1350. The molecule has 0 amide bonds. The van der Waals surface area contributed by atoms with Crippen molar-refractivity contribution in [3.63, 3.8) is 0 Å². The van der Waals surface area contributed by atoms with Gasteiger partial charge in [0.15, 0.2) is 0 Å². The SMILES string of the molecule is CCS(=O)(=O)Nc1cccc(C2(C(=O)O)N=c3cc(Cl)cc(Cl)c3=C2C=CC(=O)O)c1. The summed E-state index contributed by atoms with van der Waals surface area (Å²) in [5, 5.41) is 20.1. The topological polar surface area (TPSA) is 133 Å². The molecule has 1 atom stereocenters. The lowest BCUT2D eigenvalue weighted by atomic mass is 9.83. The molecule has 0 saturated carbocycles. The molecule has 1 heterocycles. The molecule has 0 saturated heterocycles. The summed E-state index contributed by atoms with van der Waals surface area (Å²) in [7, 11) is -3.62. The molecule has 2 aromatic rings. The van der Waals surface area contributed by atoms with Gasteiger partial charge >= 0.3 is 11.9 Å². The molecule has 1 aliphatic heterocycles. The summed E-state index contributed by atoms with van der Waals surface area (Å²) < 4.78 is 26.3. The molecule has 0 bridgehead atoms. The number of carboxylic acids is 2. The molecule has 0 aromatic heterocycles. The van der Waals surface area contributed by atoms with Gasteiger partial charge in [-0.05, 0) is 42.8 Å². The number of aliphatic carboxylic acids is 2. The first-order valence-corrected chi connectivity index (χ1v) is 11.3. The van der Waals surface area contributed by atoms with Crippen LogP contribution in [0.2, 0.25) is 10.0 Å². The highest BCUT2D eigenvalue weighted by atomic mass is 35.5. The van der Waals surface area contributed by atoms with Gasteiger partial charge in [0, 0.05) is 27.6 Å². The largest absolute Gasteiger partial charge is 0.479 e. The fraction of sp³-hybridized carbons (Fsp3) is 0.150. The van der Waals surface area contributed by atoms with Gasteiger partial charge in [-0.1, -0.05) is 35.3 Å². The van der Waals surface area contributed by atoms with Crippen molar-refractivity contribution in [1.82, 2.24) is 0 Å². The van der Waals surface area contributed by atoms with Crippen LogP contribution in [0.15, 0.2) is 53.5 Å². The van der Waals surface area contributed by atoms with E-state index in [1.54, 1.807) is 0 Å². The fourth-order valence-corrected chi connectivity index (χ4v) is 4.48. The highest BCUT2D eigenvalue weighted by Crippen LogP contribution is 2.39. The van der Waals surface area contributed by atoms with Crippen LogP contribution in [0.25, 0.3) is 5.57 Å². The normalized spacial score (nSPS) is 18.0. The molecule has 162 valence electrons. The van der Waals surface area contributed by atoms with Crippen LogP contribution in [-0.4, -0.2) is 36.3 Å². The predicted molar refractivity (Wildman–Crippen MR) is 116 cm³/mol. The van der Waals surface area contributed by atoms with Gasteiger partial charge in [-0.2, -0.15) is 0 Å². The third-order valence-electron chi connectivity index (χ3n) is 4.62. The molecule has 31 heavy (non-hydrogen) atoms. The zero-order chi connectivity index (χ0) is 23.0. The molecule has 0 aliphatic carbocycles. The summed E-state index contributed by atoms with van der Waals surface area (Å²) in [6, 6.07) is 8.55. The number of carbonyl (C=O) groups is 2. The van der Waals surface area contributed by atoms with E-state index in [1.165, 1.54) is 43.3 Å². The molecule has 11 heteroatoms. The van der Waals surface area contributed by atoms with E-state index in [-0.39, 0.29) is 43.2 Å². The van der Waals surface area contributed by atoms with Crippen molar-refractivity contribution in [2.45, 2.75) is 12.5 Å². The number of rotatable bonds is 7. The van der Waals surface area contributed by atoms with Crippen molar-refractivity contribution < 1.29 is 28.2 Å². The van der Waals surface area contributed by atoms with Gasteiger partial charge in [-0.15, -0.1) is 0 Å². The number of hydrogen-bond acceptors (Lipinski definition) is 5. The van der Waals surface area contributed by atoms with Crippen molar-refractivity contribution in [2.75, 3.05) is 10.5 Å². The lowest BCUT2D eigenvalue weighted by Crippen LogP contribution is -2.35. The molecular weight excluding hydrogens is 467 g/mol. The average Bonchev–Trinajstić information content (AvgIpc) is 3.01. The summed E-state index contributed by atoms with van der Waals surface area (Å²) in [6.07, 6.45) is 1.90. The Morgan fingerprint density at radius 1 is 1.19 bits per heavy atom. The lowest BCUT2D eigenvalue weighted by Gasteiger charge is -2.25. The van der Waals surface area contributed by atoms with E-state index in [1.807, 2.05) is 0 Å². The first-order chi connectivity index (χ1) is 14.5. The van der Waals surface area contributed by atoms with Crippen molar-refractivity contribution in [1.29, 1.82) is 0 Å². The number of nitrogens with zero attached hydrogens (tertiary/aromatic N) is 1. The molecule has 3 rings (SSSR count).